The summed E-state index contributed by atoms with van der Waals surface area (Å²) in [7, 11) is 1.92. The molecule has 0 saturated carbocycles. The minimum absolute atomic E-state index is 0.429. The summed E-state index contributed by atoms with van der Waals surface area (Å²) in [5.74, 6) is 0.719. The highest BCUT2D eigenvalue weighted by atomic mass is 16.5. The smallest absolute Gasteiger partial charge is 0.121 e. The molecule has 3 heteroatoms. The van der Waals surface area contributed by atoms with Crippen molar-refractivity contribution >= 4 is 22.7 Å². The van der Waals surface area contributed by atoms with Crippen LogP contribution in [0.2, 0.25) is 0 Å². The molecule has 584 valence electrons. The van der Waals surface area contributed by atoms with E-state index in [2.05, 4.69) is 47.8 Å². The maximum atomic E-state index is 6.46. The summed E-state index contributed by atoms with van der Waals surface area (Å²) in [4.78, 5) is 5.13. The van der Waals surface area contributed by atoms with E-state index in [-0.39, 0.29) is 0 Å². The summed E-state index contributed by atoms with van der Waals surface area (Å²) in [5.41, 5.74) is 5.84. The van der Waals surface area contributed by atoms with Gasteiger partial charge < -0.3 is 10.1 Å². The molecule has 0 saturated heterocycles. The van der Waals surface area contributed by atoms with Crippen LogP contribution in [-0.4, -0.2) is 12.8 Å². The van der Waals surface area contributed by atoms with Crippen molar-refractivity contribution < 1.29 is 4.74 Å². The van der Waals surface area contributed by atoms with Gasteiger partial charge in [0.15, 0.2) is 0 Å². The summed E-state index contributed by atoms with van der Waals surface area (Å²) in [5, 5.41) is 3.32. The van der Waals surface area contributed by atoms with Gasteiger partial charge in [0, 0.05) is 24.3 Å². The summed E-state index contributed by atoms with van der Waals surface area (Å²) in [6.45, 7) is 0.429. The van der Waals surface area contributed by atoms with Gasteiger partial charge in [-0.05, 0) is 24.1 Å². The topological polar surface area (TPSA) is 33.6 Å². The fourth-order valence-electron chi connectivity index (χ4n) is 8.98. The fraction of sp³-hybridized carbons (Fsp3) is 0.0263. The summed E-state index contributed by atoms with van der Waals surface area (Å²) in [6, 6.07) is 16.4. The minimum Gasteiger partial charge on any atom is -0.489 e. The van der Waals surface area contributed by atoms with Gasteiger partial charge in [-0.1, -0.05) is 614 Å². The normalized spacial score (nSPS) is 15.8. The number of hydrogen-bond donors (Lipinski definition) is 1. The molecule has 0 spiro atoms. The Morgan fingerprint density at radius 2 is 0.462 bits per heavy atom. The van der Waals surface area contributed by atoms with Crippen LogP contribution in [0.4, 0.5) is 11.4 Å². The first kappa shape index (κ1) is 94.3. The van der Waals surface area contributed by atoms with Crippen molar-refractivity contribution in [3.63, 3.8) is 0 Å². The number of allylic oxidation sites excluding steroid dienone is 97. The lowest BCUT2D eigenvalue weighted by Crippen LogP contribution is -1.98. The minimum atomic E-state index is 0.429. The second-order valence-electron chi connectivity index (χ2n) is 23.7. The third-order valence-corrected chi connectivity index (χ3v) is 14.6. The molecule has 0 unspecified atom stereocenters. The second kappa shape index (κ2) is 76.3. The first-order valence-electron chi connectivity index (χ1n) is 39.2. The molecule has 0 fully saturated rings. The zero-order valence-corrected chi connectivity index (χ0v) is 67.3. The Morgan fingerprint density at radius 1 is 0.239 bits per heavy atom. The Morgan fingerprint density at radius 3 is 0.692 bits per heavy atom. The van der Waals surface area contributed by atoms with Crippen molar-refractivity contribution in [2.75, 3.05) is 12.4 Å². The molecule has 1 aliphatic heterocycles. The van der Waals surface area contributed by atoms with E-state index in [0.717, 1.165) is 46.0 Å². The molecule has 0 aromatic heterocycles. The first-order valence-corrected chi connectivity index (χ1v) is 39.2. The van der Waals surface area contributed by atoms with Gasteiger partial charge in [0.1, 0.15) is 12.4 Å². The number of hydrogen-bond acceptors (Lipinski definition) is 3. The molecule has 2 aromatic rings. The van der Waals surface area contributed by atoms with Crippen LogP contribution in [0.5, 0.6) is 0 Å². The molecule has 1 heterocycles. The van der Waals surface area contributed by atoms with Gasteiger partial charge in [-0.2, -0.15) is 0 Å². The standard InChI is InChI=1S/C114H112N2O/c1-115-112-105-99-104-111-110-103-98-93-91-89-87-85-83-81-79-77-75-73-71-69-67-65-63-61-59-57-55-53-51-49-47-45-43-41-39-37-35-33-31-29-27-25-23-21-19-17-15-13-11-9-7-5-3-2-4-6-8-10-12-14-16-18-20-22-24-26-28-30-32-34-36-38-40-42-44-46-48-50-52-54-56-58-60-62-64-66-68-70-72-74-76-78-80-82-84-86-88-90-92-97-102-109(106-113(110)116-114(111)112)117-107-108-100-95-94-96-101-108/h2-91,93-106,115H,92,107H2,1H3. The van der Waals surface area contributed by atoms with Crippen molar-refractivity contribution in [2.45, 2.75) is 13.0 Å². The van der Waals surface area contributed by atoms with E-state index in [9.17, 15) is 0 Å². The van der Waals surface area contributed by atoms with Crippen LogP contribution in [0.3, 0.4) is 0 Å². The van der Waals surface area contributed by atoms with Crippen LogP contribution in [0.25, 0.3) is 5.57 Å². The lowest BCUT2D eigenvalue weighted by molar-refractivity contribution is 0.211. The molecule has 4 rings (SSSR count). The lowest BCUT2D eigenvalue weighted by atomic mass is 10.0. The van der Waals surface area contributed by atoms with Crippen molar-refractivity contribution in [3.8, 4) is 0 Å². The van der Waals surface area contributed by atoms with Gasteiger partial charge in [-0.3, -0.25) is 0 Å². The molecule has 2 aliphatic rings. The molecule has 0 bridgehead atoms. The Bertz CT molecular complexity index is 4830. The molecule has 117 heavy (non-hydrogen) atoms. The number of benzene rings is 2. The van der Waals surface area contributed by atoms with Crippen molar-refractivity contribution in [3.05, 3.63) is 649 Å². The van der Waals surface area contributed by atoms with Crippen LogP contribution < -0.4 is 5.32 Å². The molecule has 0 radical (unpaired) electrons. The largest absolute Gasteiger partial charge is 0.489 e. The van der Waals surface area contributed by atoms with E-state index in [1.165, 1.54) is 0 Å². The number of nitrogens with one attached hydrogen (secondary N) is 1. The number of rotatable bonds is 4. The van der Waals surface area contributed by atoms with Gasteiger partial charge in [0.25, 0.3) is 0 Å². The van der Waals surface area contributed by atoms with Crippen LogP contribution in [0.1, 0.15) is 17.5 Å². The predicted octanol–water partition coefficient (Wildman–Crippen LogP) is 30.8. The third-order valence-electron chi connectivity index (χ3n) is 14.6. The lowest BCUT2D eigenvalue weighted by Gasteiger charge is -2.08. The summed E-state index contributed by atoms with van der Waals surface area (Å²) >= 11 is 0. The van der Waals surface area contributed by atoms with Crippen LogP contribution in [0.15, 0.2) is 643 Å². The highest BCUT2D eigenvalue weighted by molar-refractivity contribution is 6.34. The average molecular weight is 1530 g/mol. The van der Waals surface area contributed by atoms with E-state index >= 15 is 0 Å². The number of para-hydroxylation sites is 1. The molecular weight excluding hydrogens is 1410 g/mol. The van der Waals surface area contributed by atoms with E-state index in [1.54, 1.807) is 0 Å². The molecule has 1 N–H and O–H groups in total. The van der Waals surface area contributed by atoms with Gasteiger partial charge in [0.2, 0.25) is 0 Å². The number of aliphatic imine (C=N–C) groups is 1. The SMILES string of the molecule is CNc1cccc2c1N=C1C=C(OCc3ccccc3)C=CCC=CC=CC=CC=CC=CC=CC=CC=CC=CC=CC=CC=CC=CC=CC=CC=CC=CC=CC=CC=CC=CC=CC=CC=CC=CC=CC=CC=CC=CC=CC=CC=CC=CC=CC=CC=CC=CC=CC=CC=CC=CC=CC=CC=CC=CC=CC=C12. The summed E-state index contributed by atoms with van der Waals surface area (Å²) < 4.78 is 6.46. The van der Waals surface area contributed by atoms with Gasteiger partial charge in [-0.25, -0.2) is 4.99 Å². The molecule has 1 aliphatic carbocycles. The number of nitrogens with zero attached hydrogens (tertiary/aromatic N) is 1. The monoisotopic (exact) mass is 1520 g/mol. The van der Waals surface area contributed by atoms with Gasteiger partial charge in [-0.15, -0.1) is 0 Å². The highest BCUT2D eigenvalue weighted by Crippen LogP contribution is 2.41. The van der Waals surface area contributed by atoms with Crippen LogP contribution in [-0.2, 0) is 11.3 Å². The van der Waals surface area contributed by atoms with Crippen molar-refractivity contribution in [1.29, 1.82) is 0 Å². The zero-order chi connectivity index (χ0) is 82.1. The second-order valence-corrected chi connectivity index (χ2v) is 23.7. The van der Waals surface area contributed by atoms with Gasteiger partial charge >= 0.3 is 0 Å². The quantitative estimate of drug-likeness (QED) is 0.331. The van der Waals surface area contributed by atoms with E-state index in [4.69, 9.17) is 9.73 Å². The van der Waals surface area contributed by atoms with Gasteiger partial charge in [0.05, 0.1) is 17.1 Å². The summed E-state index contributed by atoms with van der Waals surface area (Å²) in [6.07, 6.45) is 193. The molecule has 0 atom stereocenters. The Balaban J connectivity index is 1.29. The number of fused-ring (bicyclic) bond motifs is 3. The predicted molar refractivity (Wildman–Crippen MR) is 525 cm³/mol. The van der Waals surface area contributed by atoms with Crippen LogP contribution in [0, 0.1) is 0 Å². The Kier molecular flexibility index (Phi) is 61.6. The van der Waals surface area contributed by atoms with Crippen molar-refractivity contribution in [2.24, 2.45) is 4.99 Å². The molecule has 0 amide bonds. The third kappa shape index (κ3) is 59.5. The van der Waals surface area contributed by atoms with E-state index < -0.39 is 0 Å². The maximum absolute atomic E-state index is 6.46. The Labute approximate surface area is 701 Å². The highest BCUT2D eigenvalue weighted by Gasteiger charge is 2.22. The Hall–Kier alpha value is -15.0. The van der Waals surface area contributed by atoms with E-state index in [1.807, 2.05) is 596 Å². The fourth-order valence-corrected chi connectivity index (χ4v) is 8.98. The molecular formula is C114H112N2O. The molecule has 2 aromatic carbocycles. The average Bonchev–Trinajstić information content (AvgIpc) is 1.64. The van der Waals surface area contributed by atoms with E-state index in [0.29, 0.717) is 6.61 Å². The maximum Gasteiger partial charge on any atom is 0.121 e. The number of ether oxygens (including phenoxy) is 1. The molecule has 3 nitrogen and oxygen atoms in total. The van der Waals surface area contributed by atoms with Crippen LogP contribution >= 0.6 is 0 Å². The van der Waals surface area contributed by atoms with Crippen molar-refractivity contribution in [1.82, 2.24) is 0 Å². The number of anilines is 1. The first-order chi connectivity index (χ1) is 58.3. The zero-order valence-electron chi connectivity index (χ0n) is 67.3.